The summed E-state index contributed by atoms with van der Waals surface area (Å²) >= 11 is 0. The van der Waals surface area contributed by atoms with Crippen molar-refractivity contribution in [2.45, 2.75) is 50.8 Å². The minimum atomic E-state index is -1.15. The molecule has 2 saturated heterocycles. The number of ether oxygens (including phenoxy) is 4. The van der Waals surface area contributed by atoms with Gasteiger partial charge in [-0.3, -0.25) is 0 Å². The number of aliphatic hydroxyl groups excluding tert-OH is 2. The van der Waals surface area contributed by atoms with Crippen LogP contribution in [0.5, 0.6) is 0 Å². The molecule has 2 heterocycles. The van der Waals surface area contributed by atoms with E-state index in [0.717, 1.165) is 16.7 Å². The van der Waals surface area contributed by atoms with E-state index in [1.807, 2.05) is 32.0 Å². The maximum Gasteiger partial charge on any atom is 0.186 e. The third kappa shape index (κ3) is 2.67. The number of fused-ring (bicyclic) bond motifs is 1. The summed E-state index contributed by atoms with van der Waals surface area (Å²) in [6.45, 7) is 4.25. The van der Waals surface area contributed by atoms with Crippen molar-refractivity contribution in [2.24, 2.45) is 0 Å². The number of rotatable bonds is 2. The third-order valence-corrected chi connectivity index (χ3v) is 4.34. The molecule has 2 aliphatic rings. The first kappa shape index (κ1) is 15.9. The monoisotopic (exact) mass is 310 g/mol. The second-order valence-electron chi connectivity index (χ2n) is 5.83. The molecule has 3 rings (SSSR count). The SMILES string of the molecule is CO[C@H]1O[C@@H]2COC(c3c(C)cccc3C)O[C@H]2[C@H](O)[C@@H]1O. The second-order valence-corrected chi connectivity index (χ2v) is 5.83. The van der Waals surface area contributed by atoms with E-state index < -0.39 is 37.0 Å². The van der Waals surface area contributed by atoms with Crippen LogP contribution < -0.4 is 0 Å². The fourth-order valence-corrected chi connectivity index (χ4v) is 3.12. The van der Waals surface area contributed by atoms with Gasteiger partial charge < -0.3 is 29.2 Å². The van der Waals surface area contributed by atoms with Gasteiger partial charge in [0.05, 0.1) is 6.61 Å². The number of benzene rings is 1. The number of hydrogen-bond donors (Lipinski definition) is 2. The van der Waals surface area contributed by atoms with Gasteiger partial charge >= 0.3 is 0 Å². The van der Waals surface area contributed by atoms with Gasteiger partial charge in [0.25, 0.3) is 0 Å². The maximum atomic E-state index is 10.3. The lowest BCUT2D eigenvalue weighted by Gasteiger charge is -2.46. The molecule has 0 aliphatic carbocycles. The summed E-state index contributed by atoms with van der Waals surface area (Å²) in [4.78, 5) is 0. The summed E-state index contributed by atoms with van der Waals surface area (Å²) in [5.41, 5.74) is 3.08. The lowest BCUT2D eigenvalue weighted by atomic mass is 9.96. The van der Waals surface area contributed by atoms with E-state index in [1.54, 1.807) is 0 Å². The molecule has 1 aromatic rings. The van der Waals surface area contributed by atoms with Crippen molar-refractivity contribution in [1.29, 1.82) is 0 Å². The highest BCUT2D eigenvalue weighted by Crippen LogP contribution is 2.36. The standard InChI is InChI=1S/C16H22O6/c1-8-5-4-6-9(2)11(8)15-20-7-10-14(22-15)12(17)13(18)16(19-3)21-10/h4-6,10,12-18H,7H2,1-3H3/t10-,12-,13+,14-,15?,16+/m1/s1. The predicted molar refractivity (Wildman–Crippen MR) is 77.2 cm³/mol. The molecule has 0 aromatic heterocycles. The van der Waals surface area contributed by atoms with Crippen LogP contribution in [0.1, 0.15) is 23.0 Å². The lowest BCUT2D eigenvalue weighted by Crippen LogP contribution is -2.62. The molecular formula is C16H22O6. The van der Waals surface area contributed by atoms with Gasteiger partial charge in [-0.15, -0.1) is 0 Å². The molecule has 6 nitrogen and oxygen atoms in total. The molecule has 2 N–H and O–H groups in total. The zero-order chi connectivity index (χ0) is 15.9. The Morgan fingerprint density at radius 3 is 2.41 bits per heavy atom. The largest absolute Gasteiger partial charge is 0.387 e. The summed E-state index contributed by atoms with van der Waals surface area (Å²) < 4.78 is 22.3. The van der Waals surface area contributed by atoms with E-state index in [2.05, 4.69) is 0 Å². The van der Waals surface area contributed by atoms with Crippen molar-refractivity contribution in [3.05, 3.63) is 34.9 Å². The fourth-order valence-electron chi connectivity index (χ4n) is 3.12. The number of aliphatic hydroxyl groups is 2. The zero-order valence-corrected chi connectivity index (χ0v) is 12.9. The quantitative estimate of drug-likeness (QED) is 0.842. The van der Waals surface area contributed by atoms with Gasteiger partial charge in [0.1, 0.15) is 24.4 Å². The topological polar surface area (TPSA) is 77.4 Å². The molecule has 0 bridgehead atoms. The van der Waals surface area contributed by atoms with Crippen molar-refractivity contribution in [2.75, 3.05) is 13.7 Å². The van der Waals surface area contributed by atoms with Gasteiger partial charge in [0.15, 0.2) is 12.6 Å². The molecule has 0 saturated carbocycles. The number of methoxy groups -OCH3 is 1. The second kappa shape index (κ2) is 6.23. The Kier molecular flexibility index (Phi) is 4.49. The highest BCUT2D eigenvalue weighted by molar-refractivity contribution is 5.34. The van der Waals surface area contributed by atoms with Crippen molar-refractivity contribution in [3.8, 4) is 0 Å². The Morgan fingerprint density at radius 2 is 1.77 bits per heavy atom. The average molecular weight is 310 g/mol. The van der Waals surface area contributed by atoms with Crippen molar-refractivity contribution >= 4 is 0 Å². The molecule has 22 heavy (non-hydrogen) atoms. The minimum absolute atomic E-state index is 0.271. The van der Waals surface area contributed by atoms with E-state index in [1.165, 1.54) is 7.11 Å². The summed E-state index contributed by atoms with van der Waals surface area (Å²) in [5.74, 6) is 0. The van der Waals surface area contributed by atoms with Crippen LogP contribution in [0.3, 0.4) is 0 Å². The molecule has 122 valence electrons. The van der Waals surface area contributed by atoms with Crippen LogP contribution in [0.15, 0.2) is 18.2 Å². The van der Waals surface area contributed by atoms with Gasteiger partial charge in [-0.25, -0.2) is 0 Å². The smallest absolute Gasteiger partial charge is 0.186 e. The highest BCUT2D eigenvalue weighted by Gasteiger charge is 2.49. The molecule has 1 unspecified atom stereocenters. The summed E-state index contributed by atoms with van der Waals surface area (Å²) in [5, 5.41) is 20.3. The zero-order valence-electron chi connectivity index (χ0n) is 12.9. The van der Waals surface area contributed by atoms with Crippen LogP contribution in [0.2, 0.25) is 0 Å². The van der Waals surface area contributed by atoms with Gasteiger partial charge in [0.2, 0.25) is 0 Å². The van der Waals surface area contributed by atoms with E-state index in [4.69, 9.17) is 18.9 Å². The molecule has 0 spiro atoms. The molecule has 0 amide bonds. The summed E-state index contributed by atoms with van der Waals surface area (Å²) in [6.07, 6.45) is -4.81. The van der Waals surface area contributed by atoms with E-state index in [-0.39, 0.29) is 6.61 Å². The van der Waals surface area contributed by atoms with Crippen molar-refractivity contribution in [1.82, 2.24) is 0 Å². The minimum Gasteiger partial charge on any atom is -0.387 e. The van der Waals surface area contributed by atoms with E-state index >= 15 is 0 Å². The molecular weight excluding hydrogens is 288 g/mol. The normalized spacial score (nSPS) is 38.6. The predicted octanol–water partition coefficient (Wildman–Crippen LogP) is 0.811. The van der Waals surface area contributed by atoms with E-state index in [9.17, 15) is 10.2 Å². The van der Waals surface area contributed by atoms with E-state index in [0.29, 0.717) is 0 Å². The number of aryl methyl sites for hydroxylation is 2. The Morgan fingerprint density at radius 1 is 1.09 bits per heavy atom. The highest BCUT2D eigenvalue weighted by atomic mass is 16.7. The molecule has 6 heteroatoms. The van der Waals surface area contributed by atoms with Gasteiger partial charge in [0, 0.05) is 12.7 Å². The molecule has 6 atom stereocenters. The molecule has 1 aromatic carbocycles. The summed E-state index contributed by atoms with van der Waals surface area (Å²) in [7, 11) is 1.42. The van der Waals surface area contributed by atoms with Crippen LogP contribution in [-0.4, -0.2) is 54.6 Å². The van der Waals surface area contributed by atoms with Crippen molar-refractivity contribution in [3.63, 3.8) is 0 Å². The Bertz CT molecular complexity index is 511. The lowest BCUT2D eigenvalue weighted by molar-refractivity contribution is -0.358. The Balaban J connectivity index is 1.81. The van der Waals surface area contributed by atoms with Crippen LogP contribution in [-0.2, 0) is 18.9 Å². The van der Waals surface area contributed by atoms with Gasteiger partial charge in [-0.2, -0.15) is 0 Å². The summed E-state index contributed by atoms with van der Waals surface area (Å²) in [6, 6.07) is 5.96. The van der Waals surface area contributed by atoms with Crippen molar-refractivity contribution < 1.29 is 29.2 Å². The van der Waals surface area contributed by atoms with Crippen LogP contribution in [0.4, 0.5) is 0 Å². The van der Waals surface area contributed by atoms with Crippen LogP contribution >= 0.6 is 0 Å². The van der Waals surface area contributed by atoms with Gasteiger partial charge in [-0.1, -0.05) is 18.2 Å². The average Bonchev–Trinajstić information content (AvgIpc) is 2.51. The molecule has 2 aliphatic heterocycles. The molecule has 0 radical (unpaired) electrons. The Hall–Kier alpha value is -1.02. The van der Waals surface area contributed by atoms with Crippen LogP contribution in [0.25, 0.3) is 0 Å². The Labute approximate surface area is 129 Å². The number of hydrogen-bond acceptors (Lipinski definition) is 6. The first-order valence-corrected chi connectivity index (χ1v) is 7.40. The van der Waals surface area contributed by atoms with Crippen LogP contribution in [0, 0.1) is 13.8 Å². The fraction of sp³-hybridized carbons (Fsp3) is 0.625. The van der Waals surface area contributed by atoms with Gasteiger partial charge in [-0.05, 0) is 25.0 Å². The first-order chi connectivity index (χ1) is 10.5. The first-order valence-electron chi connectivity index (χ1n) is 7.40. The third-order valence-electron chi connectivity index (χ3n) is 4.34. The maximum absolute atomic E-state index is 10.3. The molecule has 2 fully saturated rings.